The molecular weight excluding hydrogens is 412 g/mol. The number of hydrogen-bond donors (Lipinski definition) is 0. The maximum absolute atomic E-state index is 13.0. The Balaban J connectivity index is 1.53. The number of benzene rings is 2. The number of ether oxygens (including phenoxy) is 2. The lowest BCUT2D eigenvalue weighted by atomic mass is 10.2. The highest BCUT2D eigenvalue weighted by molar-refractivity contribution is 7.99. The summed E-state index contributed by atoms with van der Waals surface area (Å²) in [7, 11) is 0. The van der Waals surface area contributed by atoms with Gasteiger partial charge in [-0.2, -0.15) is 0 Å². The van der Waals surface area contributed by atoms with E-state index in [1.165, 1.54) is 0 Å². The van der Waals surface area contributed by atoms with Crippen molar-refractivity contribution < 1.29 is 9.47 Å². The summed E-state index contributed by atoms with van der Waals surface area (Å²) >= 11 is 1.56. The van der Waals surface area contributed by atoms with Crippen molar-refractivity contribution in [2.45, 2.75) is 38.4 Å². The standard InChI is InChI=1S/C23H26N4O3S/c1-3-5-14-26-21(28)19-8-6-7-9-20(19)27-22(26)24-25-23(27)31-16-15-30-18-12-10-17(11-13-18)29-4-2/h6-13H,3-5,14-16H2,1-2H3. The molecule has 0 aliphatic carbocycles. The zero-order chi connectivity index (χ0) is 21.6. The van der Waals surface area contributed by atoms with E-state index in [1.54, 1.807) is 16.3 Å². The molecule has 162 valence electrons. The molecule has 0 saturated heterocycles. The van der Waals surface area contributed by atoms with Crippen molar-refractivity contribution in [2.75, 3.05) is 19.0 Å². The average Bonchev–Trinajstić information content (AvgIpc) is 3.22. The Bertz CT molecular complexity index is 1220. The van der Waals surface area contributed by atoms with Crippen molar-refractivity contribution in [1.29, 1.82) is 0 Å². The molecule has 7 nitrogen and oxygen atoms in total. The highest BCUT2D eigenvalue weighted by Gasteiger charge is 2.16. The third-order valence-corrected chi connectivity index (χ3v) is 5.82. The molecule has 0 unspecified atom stereocenters. The summed E-state index contributed by atoms with van der Waals surface area (Å²) < 4.78 is 15.0. The molecule has 4 rings (SSSR count). The first-order chi connectivity index (χ1) is 15.2. The van der Waals surface area contributed by atoms with Gasteiger partial charge < -0.3 is 9.47 Å². The monoisotopic (exact) mass is 438 g/mol. The number of aryl methyl sites for hydroxylation is 1. The zero-order valence-corrected chi connectivity index (χ0v) is 18.6. The minimum absolute atomic E-state index is 0.0145. The van der Waals surface area contributed by atoms with Crippen LogP contribution in [0.25, 0.3) is 16.7 Å². The Labute approximate surface area is 185 Å². The molecular formula is C23H26N4O3S. The van der Waals surface area contributed by atoms with Crippen LogP contribution in [-0.2, 0) is 6.54 Å². The lowest BCUT2D eigenvalue weighted by Crippen LogP contribution is -2.23. The highest BCUT2D eigenvalue weighted by Crippen LogP contribution is 2.22. The maximum atomic E-state index is 13.0. The largest absolute Gasteiger partial charge is 0.494 e. The van der Waals surface area contributed by atoms with Gasteiger partial charge in [0.1, 0.15) is 11.5 Å². The van der Waals surface area contributed by atoms with Gasteiger partial charge in [0, 0.05) is 12.3 Å². The minimum Gasteiger partial charge on any atom is -0.494 e. The Morgan fingerprint density at radius 3 is 2.45 bits per heavy atom. The van der Waals surface area contributed by atoms with Crippen molar-refractivity contribution in [1.82, 2.24) is 19.2 Å². The number of nitrogens with zero attached hydrogens (tertiary/aromatic N) is 4. The predicted octanol–water partition coefficient (Wildman–Crippen LogP) is 4.41. The van der Waals surface area contributed by atoms with E-state index >= 15 is 0 Å². The Kier molecular flexibility index (Phi) is 6.76. The first-order valence-electron chi connectivity index (χ1n) is 10.6. The number of aromatic nitrogens is 4. The molecule has 2 aromatic heterocycles. The van der Waals surface area contributed by atoms with E-state index in [2.05, 4.69) is 17.1 Å². The van der Waals surface area contributed by atoms with Crippen LogP contribution in [0.15, 0.2) is 58.5 Å². The van der Waals surface area contributed by atoms with Gasteiger partial charge in [-0.1, -0.05) is 37.2 Å². The lowest BCUT2D eigenvalue weighted by molar-refractivity contribution is 0.332. The van der Waals surface area contributed by atoms with Gasteiger partial charge >= 0.3 is 0 Å². The quantitative estimate of drug-likeness (QED) is 0.270. The van der Waals surface area contributed by atoms with E-state index < -0.39 is 0 Å². The van der Waals surface area contributed by atoms with Gasteiger partial charge in [-0.25, -0.2) is 0 Å². The number of hydrogen-bond acceptors (Lipinski definition) is 6. The molecule has 0 atom stereocenters. The molecule has 0 saturated carbocycles. The number of rotatable bonds is 10. The summed E-state index contributed by atoms with van der Waals surface area (Å²) in [6.45, 7) is 5.87. The van der Waals surface area contributed by atoms with Crippen LogP contribution in [0.1, 0.15) is 26.7 Å². The smallest absolute Gasteiger partial charge is 0.262 e. The molecule has 0 amide bonds. The molecule has 0 N–H and O–H groups in total. The molecule has 0 fully saturated rings. The van der Waals surface area contributed by atoms with E-state index in [0.29, 0.717) is 36.7 Å². The molecule has 4 aromatic rings. The third-order valence-electron chi connectivity index (χ3n) is 4.93. The van der Waals surface area contributed by atoms with Crippen LogP contribution in [0.2, 0.25) is 0 Å². The van der Waals surface area contributed by atoms with Crippen LogP contribution in [0.4, 0.5) is 0 Å². The van der Waals surface area contributed by atoms with E-state index in [4.69, 9.17) is 9.47 Å². The average molecular weight is 439 g/mol. The molecule has 2 heterocycles. The van der Waals surface area contributed by atoms with Gasteiger partial charge in [0.05, 0.1) is 24.1 Å². The minimum atomic E-state index is -0.0145. The van der Waals surface area contributed by atoms with Crippen LogP contribution in [0.5, 0.6) is 11.5 Å². The summed E-state index contributed by atoms with van der Waals surface area (Å²) in [5.41, 5.74) is 0.814. The molecule has 2 aromatic carbocycles. The van der Waals surface area contributed by atoms with Gasteiger partial charge in [0.25, 0.3) is 5.56 Å². The Morgan fingerprint density at radius 2 is 1.71 bits per heavy atom. The second-order valence-electron chi connectivity index (χ2n) is 7.05. The van der Waals surface area contributed by atoms with E-state index in [1.807, 2.05) is 59.9 Å². The third kappa shape index (κ3) is 4.54. The molecule has 31 heavy (non-hydrogen) atoms. The molecule has 8 heteroatoms. The molecule has 0 radical (unpaired) electrons. The summed E-state index contributed by atoms with van der Waals surface area (Å²) in [6.07, 6.45) is 1.92. The summed E-state index contributed by atoms with van der Waals surface area (Å²) in [5, 5.41) is 10.2. The summed E-state index contributed by atoms with van der Waals surface area (Å²) in [5.74, 6) is 2.93. The summed E-state index contributed by atoms with van der Waals surface area (Å²) in [4.78, 5) is 13.0. The normalized spacial score (nSPS) is 11.3. The van der Waals surface area contributed by atoms with Crippen molar-refractivity contribution >= 4 is 28.4 Å². The van der Waals surface area contributed by atoms with Crippen LogP contribution >= 0.6 is 11.8 Å². The first kappa shape index (κ1) is 21.2. The number of unbranched alkanes of at least 4 members (excludes halogenated alkanes) is 1. The van der Waals surface area contributed by atoms with E-state index in [-0.39, 0.29) is 5.56 Å². The Morgan fingerprint density at radius 1 is 0.968 bits per heavy atom. The number of para-hydroxylation sites is 1. The van der Waals surface area contributed by atoms with Gasteiger partial charge in [0.15, 0.2) is 5.16 Å². The summed E-state index contributed by atoms with van der Waals surface area (Å²) in [6, 6.07) is 15.2. The molecule has 0 bridgehead atoms. The lowest BCUT2D eigenvalue weighted by Gasteiger charge is -2.11. The molecule has 0 aliphatic heterocycles. The molecule has 0 spiro atoms. The van der Waals surface area contributed by atoms with Gasteiger partial charge in [-0.05, 0) is 49.7 Å². The first-order valence-corrected chi connectivity index (χ1v) is 11.6. The highest BCUT2D eigenvalue weighted by atomic mass is 32.2. The van der Waals surface area contributed by atoms with Crippen LogP contribution in [0, 0.1) is 0 Å². The topological polar surface area (TPSA) is 70.7 Å². The number of thioether (sulfide) groups is 1. The Hall–Kier alpha value is -3.00. The fourth-order valence-electron chi connectivity index (χ4n) is 3.44. The van der Waals surface area contributed by atoms with E-state index in [0.717, 1.165) is 35.0 Å². The van der Waals surface area contributed by atoms with Crippen molar-refractivity contribution in [3.8, 4) is 11.5 Å². The second kappa shape index (κ2) is 9.87. The predicted molar refractivity (Wildman–Crippen MR) is 123 cm³/mol. The van der Waals surface area contributed by atoms with E-state index in [9.17, 15) is 4.79 Å². The van der Waals surface area contributed by atoms with Crippen LogP contribution in [-0.4, -0.2) is 38.1 Å². The van der Waals surface area contributed by atoms with Crippen LogP contribution in [0.3, 0.4) is 0 Å². The SMILES string of the molecule is CCCCn1c(=O)c2ccccc2n2c(SCCOc3ccc(OCC)cc3)nnc12. The second-order valence-corrected chi connectivity index (χ2v) is 8.11. The van der Waals surface area contributed by atoms with Crippen LogP contribution < -0.4 is 15.0 Å². The van der Waals surface area contributed by atoms with Crippen molar-refractivity contribution in [2.24, 2.45) is 0 Å². The zero-order valence-electron chi connectivity index (χ0n) is 17.8. The fraction of sp³-hybridized carbons (Fsp3) is 0.348. The van der Waals surface area contributed by atoms with Gasteiger partial charge in [-0.3, -0.25) is 13.8 Å². The molecule has 0 aliphatic rings. The van der Waals surface area contributed by atoms with Crippen molar-refractivity contribution in [3.05, 3.63) is 58.9 Å². The van der Waals surface area contributed by atoms with Gasteiger partial charge in [-0.15, -0.1) is 10.2 Å². The van der Waals surface area contributed by atoms with Gasteiger partial charge in [0.2, 0.25) is 5.78 Å². The fourth-order valence-corrected chi connectivity index (χ4v) is 4.19. The maximum Gasteiger partial charge on any atom is 0.262 e. The van der Waals surface area contributed by atoms with Crippen molar-refractivity contribution in [3.63, 3.8) is 0 Å². The number of fused-ring (bicyclic) bond motifs is 3.